The highest BCUT2D eigenvalue weighted by atomic mass is 35.5. The number of benzene rings is 3. The van der Waals surface area contributed by atoms with Crippen molar-refractivity contribution in [3.63, 3.8) is 0 Å². The Hall–Kier alpha value is -2.67. The first-order valence-electron chi connectivity index (χ1n) is 10.8. The molecule has 1 fully saturated rings. The molecule has 1 saturated heterocycles. The number of anilines is 1. The normalized spacial score (nSPS) is 16.0. The maximum Gasteiger partial charge on any atom is 0.264 e. The third-order valence-corrected chi connectivity index (χ3v) is 7.00. The van der Waals surface area contributed by atoms with Crippen molar-refractivity contribution in [2.75, 3.05) is 24.7 Å². The Bertz CT molecular complexity index is 1280. The molecular formula is C25H23ClN2O3S. The van der Waals surface area contributed by atoms with Crippen molar-refractivity contribution < 1.29 is 14.3 Å². The second kappa shape index (κ2) is 9.06. The summed E-state index contributed by atoms with van der Waals surface area (Å²) in [5, 5.41) is 3.04. The third kappa shape index (κ3) is 3.94. The van der Waals surface area contributed by atoms with Crippen LogP contribution in [0.5, 0.6) is 5.75 Å². The van der Waals surface area contributed by atoms with E-state index in [-0.39, 0.29) is 12.0 Å². The summed E-state index contributed by atoms with van der Waals surface area (Å²) in [6, 6.07) is 17.4. The summed E-state index contributed by atoms with van der Waals surface area (Å²) in [6.45, 7) is 3.55. The average Bonchev–Trinajstić information content (AvgIpc) is 3.47. The molecule has 1 aliphatic heterocycles. The first-order chi connectivity index (χ1) is 15.7. The molecule has 0 aliphatic carbocycles. The van der Waals surface area contributed by atoms with Gasteiger partial charge in [0.2, 0.25) is 0 Å². The number of carbonyl (C=O) groups is 1. The minimum absolute atomic E-state index is 0.0213. The van der Waals surface area contributed by atoms with Gasteiger partial charge in [-0.2, -0.15) is 0 Å². The molecule has 1 atom stereocenters. The van der Waals surface area contributed by atoms with E-state index >= 15 is 0 Å². The Morgan fingerprint density at radius 2 is 2.09 bits per heavy atom. The number of halogens is 1. The van der Waals surface area contributed by atoms with Gasteiger partial charge in [-0.3, -0.25) is 9.69 Å². The molecule has 0 bridgehead atoms. The number of ether oxygens (including phenoxy) is 2. The van der Waals surface area contributed by atoms with Crippen molar-refractivity contribution in [1.82, 2.24) is 4.98 Å². The van der Waals surface area contributed by atoms with Gasteiger partial charge >= 0.3 is 0 Å². The molecule has 2 heterocycles. The van der Waals surface area contributed by atoms with E-state index < -0.39 is 0 Å². The fraction of sp³-hybridized carbons (Fsp3) is 0.280. The summed E-state index contributed by atoms with van der Waals surface area (Å²) >= 11 is 7.85. The Labute approximate surface area is 195 Å². The number of hydrogen-bond acceptors (Lipinski definition) is 5. The largest absolute Gasteiger partial charge is 0.493 e. The van der Waals surface area contributed by atoms with E-state index in [1.807, 2.05) is 61.5 Å². The van der Waals surface area contributed by atoms with Crippen LogP contribution in [0.4, 0.5) is 5.13 Å². The number of nitrogens with zero attached hydrogens (tertiary/aromatic N) is 2. The van der Waals surface area contributed by atoms with Crippen LogP contribution in [0, 0.1) is 0 Å². The molecule has 0 N–H and O–H groups in total. The van der Waals surface area contributed by atoms with E-state index in [1.165, 1.54) is 11.3 Å². The highest BCUT2D eigenvalue weighted by molar-refractivity contribution is 7.22. The second-order valence-electron chi connectivity index (χ2n) is 7.73. The zero-order valence-corrected chi connectivity index (χ0v) is 19.3. The number of carbonyl (C=O) groups excluding carboxylic acids is 1. The summed E-state index contributed by atoms with van der Waals surface area (Å²) in [5.74, 6) is 0.434. The van der Waals surface area contributed by atoms with Crippen LogP contribution in [0.2, 0.25) is 5.02 Å². The average molecular weight is 467 g/mol. The number of para-hydroxylation sites is 1. The van der Waals surface area contributed by atoms with Crippen LogP contribution >= 0.6 is 22.9 Å². The van der Waals surface area contributed by atoms with Crippen LogP contribution < -0.4 is 9.64 Å². The van der Waals surface area contributed by atoms with Crippen molar-refractivity contribution in [3.05, 3.63) is 65.2 Å². The van der Waals surface area contributed by atoms with Gasteiger partial charge in [0.25, 0.3) is 5.91 Å². The summed E-state index contributed by atoms with van der Waals surface area (Å²) in [7, 11) is 0. The predicted molar refractivity (Wildman–Crippen MR) is 130 cm³/mol. The Kier molecular flexibility index (Phi) is 6.00. The molecular weight excluding hydrogens is 444 g/mol. The highest BCUT2D eigenvalue weighted by Gasteiger charge is 2.30. The van der Waals surface area contributed by atoms with Gasteiger partial charge < -0.3 is 9.47 Å². The van der Waals surface area contributed by atoms with Gasteiger partial charge in [0.15, 0.2) is 5.13 Å². The molecule has 32 heavy (non-hydrogen) atoms. The topological polar surface area (TPSA) is 51.7 Å². The molecule has 1 aromatic heterocycles. The van der Waals surface area contributed by atoms with Crippen molar-refractivity contribution in [2.24, 2.45) is 0 Å². The second-order valence-corrected chi connectivity index (χ2v) is 9.14. The Morgan fingerprint density at radius 3 is 2.88 bits per heavy atom. The minimum atomic E-state index is -0.143. The van der Waals surface area contributed by atoms with Gasteiger partial charge in [0.1, 0.15) is 11.3 Å². The molecule has 7 heteroatoms. The van der Waals surface area contributed by atoms with Gasteiger partial charge in [-0.05, 0) is 48.7 Å². The molecule has 0 radical (unpaired) electrons. The molecule has 1 amide bonds. The molecule has 1 unspecified atom stereocenters. The van der Waals surface area contributed by atoms with Crippen LogP contribution in [0.25, 0.3) is 21.0 Å². The summed E-state index contributed by atoms with van der Waals surface area (Å²) in [4.78, 5) is 20.6. The standard InChI is InChI=1S/C25H23ClN2O3S/c1-2-30-20-13-12-16-7-3-4-9-18(16)22(20)24(29)28(15-17-8-6-14-31-17)25-27-23-19(26)10-5-11-21(23)32-25/h3-5,7,9-13,17H,2,6,8,14-15H2,1H3. The maximum absolute atomic E-state index is 14.1. The highest BCUT2D eigenvalue weighted by Crippen LogP contribution is 2.36. The van der Waals surface area contributed by atoms with Gasteiger partial charge in [-0.25, -0.2) is 4.98 Å². The third-order valence-electron chi connectivity index (χ3n) is 5.65. The van der Waals surface area contributed by atoms with E-state index in [9.17, 15) is 4.79 Å². The molecule has 4 aromatic rings. The quantitative estimate of drug-likeness (QED) is 0.333. The molecule has 5 rings (SSSR count). The Balaban J connectivity index is 1.65. The van der Waals surface area contributed by atoms with Crippen LogP contribution in [-0.2, 0) is 4.74 Å². The fourth-order valence-electron chi connectivity index (χ4n) is 4.14. The number of thiazole rings is 1. The van der Waals surface area contributed by atoms with Crippen molar-refractivity contribution >= 4 is 55.0 Å². The SMILES string of the molecule is CCOc1ccc2ccccc2c1C(=O)N(CC1CCCO1)c1nc2c(Cl)cccc2s1. The smallest absolute Gasteiger partial charge is 0.264 e. The van der Waals surface area contributed by atoms with E-state index in [0.29, 0.717) is 40.1 Å². The molecule has 1 aliphatic rings. The lowest BCUT2D eigenvalue weighted by molar-refractivity contribution is 0.0916. The monoisotopic (exact) mass is 466 g/mol. The van der Waals surface area contributed by atoms with Crippen molar-refractivity contribution in [3.8, 4) is 5.75 Å². The number of fused-ring (bicyclic) bond motifs is 2. The summed E-state index contributed by atoms with van der Waals surface area (Å²) in [5.41, 5.74) is 1.26. The molecule has 5 nitrogen and oxygen atoms in total. The summed E-state index contributed by atoms with van der Waals surface area (Å²) in [6.07, 6.45) is 1.90. The summed E-state index contributed by atoms with van der Waals surface area (Å²) < 4.78 is 12.7. The van der Waals surface area contributed by atoms with E-state index in [0.717, 1.165) is 34.9 Å². The van der Waals surface area contributed by atoms with Crippen LogP contribution in [0.3, 0.4) is 0 Å². The molecule has 0 saturated carbocycles. The van der Waals surface area contributed by atoms with Gasteiger partial charge in [-0.15, -0.1) is 0 Å². The molecule has 0 spiro atoms. The fourth-order valence-corrected chi connectivity index (χ4v) is 5.41. The zero-order chi connectivity index (χ0) is 22.1. The van der Waals surface area contributed by atoms with Crippen LogP contribution in [-0.4, -0.2) is 36.8 Å². The van der Waals surface area contributed by atoms with Crippen LogP contribution in [0.15, 0.2) is 54.6 Å². The number of amides is 1. The van der Waals surface area contributed by atoms with Gasteiger partial charge in [-0.1, -0.05) is 59.3 Å². The first-order valence-corrected chi connectivity index (χ1v) is 12.0. The Morgan fingerprint density at radius 1 is 1.22 bits per heavy atom. The lowest BCUT2D eigenvalue weighted by Gasteiger charge is -2.24. The predicted octanol–water partition coefficient (Wildman–Crippen LogP) is 6.33. The lowest BCUT2D eigenvalue weighted by Crippen LogP contribution is -2.37. The molecule has 3 aromatic carbocycles. The zero-order valence-electron chi connectivity index (χ0n) is 17.7. The van der Waals surface area contributed by atoms with Crippen molar-refractivity contribution in [2.45, 2.75) is 25.9 Å². The first kappa shape index (κ1) is 21.2. The van der Waals surface area contributed by atoms with E-state index in [1.54, 1.807) is 4.90 Å². The number of hydrogen-bond donors (Lipinski definition) is 0. The van der Waals surface area contributed by atoms with Crippen molar-refractivity contribution in [1.29, 1.82) is 0 Å². The van der Waals surface area contributed by atoms with E-state index in [4.69, 9.17) is 26.1 Å². The number of rotatable bonds is 6. The maximum atomic E-state index is 14.1. The molecule has 164 valence electrons. The van der Waals surface area contributed by atoms with E-state index in [2.05, 4.69) is 0 Å². The van der Waals surface area contributed by atoms with Gasteiger partial charge in [0.05, 0.1) is 34.5 Å². The minimum Gasteiger partial charge on any atom is -0.493 e. The lowest BCUT2D eigenvalue weighted by atomic mass is 10.0. The number of aromatic nitrogens is 1. The van der Waals surface area contributed by atoms with Gasteiger partial charge in [0, 0.05) is 6.61 Å². The van der Waals surface area contributed by atoms with Crippen LogP contribution in [0.1, 0.15) is 30.1 Å².